The largest absolute Gasteiger partial charge is 0.434 e. The second-order valence-corrected chi connectivity index (χ2v) is 5.41. The molecule has 19 heavy (non-hydrogen) atoms. The van der Waals surface area contributed by atoms with Gasteiger partial charge in [0.2, 0.25) is 0 Å². The van der Waals surface area contributed by atoms with Crippen LogP contribution in [0.15, 0.2) is 34.8 Å². The van der Waals surface area contributed by atoms with Crippen molar-refractivity contribution in [3.63, 3.8) is 0 Å². The highest BCUT2D eigenvalue weighted by Crippen LogP contribution is 2.25. The lowest BCUT2D eigenvalue weighted by Gasteiger charge is -2.20. The number of rotatable bonds is 5. The van der Waals surface area contributed by atoms with Gasteiger partial charge in [-0.25, -0.2) is 0 Å². The predicted octanol–water partition coefficient (Wildman–Crippen LogP) is 4.25. The standard InChI is InChI=1S/C14H16BrF2NO/c15-11-6-7-13(19-14(16)17)10(8-11)9-18-12-4-2-1-3-5-12/h1-2,6-8,12,14,18H,3-5,9H2. The molecular formula is C14H16BrF2NO. The van der Waals surface area contributed by atoms with E-state index in [1.165, 1.54) is 0 Å². The zero-order chi connectivity index (χ0) is 13.7. The van der Waals surface area contributed by atoms with Gasteiger partial charge in [0.25, 0.3) is 0 Å². The molecule has 1 aliphatic carbocycles. The van der Waals surface area contributed by atoms with Crippen molar-refractivity contribution in [2.45, 2.75) is 38.5 Å². The first-order chi connectivity index (χ1) is 9.15. The van der Waals surface area contributed by atoms with Gasteiger partial charge in [-0.3, -0.25) is 0 Å². The number of benzene rings is 1. The van der Waals surface area contributed by atoms with Crippen LogP contribution in [0.4, 0.5) is 8.78 Å². The summed E-state index contributed by atoms with van der Waals surface area (Å²) in [4.78, 5) is 0. The molecule has 1 aromatic rings. The Morgan fingerprint density at radius 1 is 1.37 bits per heavy atom. The van der Waals surface area contributed by atoms with Gasteiger partial charge in [-0.1, -0.05) is 28.1 Å². The quantitative estimate of drug-likeness (QED) is 0.814. The van der Waals surface area contributed by atoms with Crippen LogP contribution in [-0.2, 0) is 6.54 Å². The fraction of sp³-hybridized carbons (Fsp3) is 0.429. The number of halogens is 3. The summed E-state index contributed by atoms with van der Waals surface area (Å²) in [6, 6.07) is 5.48. The van der Waals surface area contributed by atoms with E-state index in [9.17, 15) is 8.78 Å². The Hall–Kier alpha value is -0.940. The van der Waals surface area contributed by atoms with Crippen molar-refractivity contribution in [3.8, 4) is 5.75 Å². The average molecular weight is 332 g/mol. The molecule has 0 fully saturated rings. The maximum Gasteiger partial charge on any atom is 0.387 e. The Balaban J connectivity index is 2.00. The van der Waals surface area contributed by atoms with Gasteiger partial charge in [0.15, 0.2) is 0 Å². The first kappa shape index (κ1) is 14.5. The Morgan fingerprint density at radius 3 is 2.89 bits per heavy atom. The molecule has 0 amide bonds. The third-order valence-corrected chi connectivity index (χ3v) is 3.58. The molecule has 1 aliphatic rings. The lowest BCUT2D eigenvalue weighted by molar-refractivity contribution is -0.0505. The molecule has 0 radical (unpaired) electrons. The highest BCUT2D eigenvalue weighted by Gasteiger charge is 2.13. The molecule has 0 aromatic heterocycles. The molecule has 1 N–H and O–H groups in total. The van der Waals surface area contributed by atoms with E-state index in [1.54, 1.807) is 12.1 Å². The van der Waals surface area contributed by atoms with Crippen LogP contribution >= 0.6 is 15.9 Å². The number of hydrogen-bond donors (Lipinski definition) is 1. The second-order valence-electron chi connectivity index (χ2n) is 4.49. The van der Waals surface area contributed by atoms with Gasteiger partial charge < -0.3 is 10.1 Å². The monoisotopic (exact) mass is 331 g/mol. The van der Waals surface area contributed by atoms with Crippen LogP contribution in [0.1, 0.15) is 24.8 Å². The summed E-state index contributed by atoms with van der Waals surface area (Å²) in [5.74, 6) is 0.233. The number of allylic oxidation sites excluding steroid dienone is 1. The van der Waals surface area contributed by atoms with Crippen LogP contribution < -0.4 is 10.1 Å². The van der Waals surface area contributed by atoms with E-state index in [4.69, 9.17) is 0 Å². The highest BCUT2D eigenvalue weighted by atomic mass is 79.9. The van der Waals surface area contributed by atoms with E-state index in [2.05, 4.69) is 38.1 Å². The van der Waals surface area contributed by atoms with Crippen LogP contribution in [0.5, 0.6) is 5.75 Å². The Bertz CT molecular complexity index is 451. The van der Waals surface area contributed by atoms with Crippen molar-refractivity contribution < 1.29 is 13.5 Å². The van der Waals surface area contributed by atoms with Crippen molar-refractivity contribution in [3.05, 3.63) is 40.4 Å². The molecule has 0 saturated heterocycles. The van der Waals surface area contributed by atoms with Crippen molar-refractivity contribution in [1.82, 2.24) is 5.32 Å². The summed E-state index contributed by atoms with van der Waals surface area (Å²) >= 11 is 3.35. The summed E-state index contributed by atoms with van der Waals surface area (Å²) in [6.07, 6.45) is 7.45. The van der Waals surface area contributed by atoms with Crippen molar-refractivity contribution in [2.75, 3.05) is 0 Å². The maximum absolute atomic E-state index is 12.3. The summed E-state index contributed by atoms with van der Waals surface area (Å²) in [5.41, 5.74) is 0.740. The van der Waals surface area contributed by atoms with Gasteiger partial charge >= 0.3 is 6.61 Å². The minimum atomic E-state index is -2.79. The number of ether oxygens (including phenoxy) is 1. The van der Waals surface area contributed by atoms with E-state index in [0.717, 1.165) is 29.3 Å². The van der Waals surface area contributed by atoms with E-state index in [0.29, 0.717) is 12.6 Å². The fourth-order valence-corrected chi connectivity index (χ4v) is 2.54. The van der Waals surface area contributed by atoms with Gasteiger partial charge in [-0.15, -0.1) is 0 Å². The molecule has 0 saturated carbocycles. The summed E-state index contributed by atoms with van der Waals surface area (Å²) < 4.78 is 30.1. The van der Waals surface area contributed by atoms with Crippen LogP contribution in [0.25, 0.3) is 0 Å². The maximum atomic E-state index is 12.3. The van der Waals surface area contributed by atoms with E-state index in [1.807, 2.05) is 6.07 Å². The molecule has 1 aromatic carbocycles. The van der Waals surface area contributed by atoms with Crippen LogP contribution in [0.2, 0.25) is 0 Å². The highest BCUT2D eigenvalue weighted by molar-refractivity contribution is 9.10. The third kappa shape index (κ3) is 4.58. The molecular weight excluding hydrogens is 316 g/mol. The van der Waals surface area contributed by atoms with Gasteiger partial charge in [0.05, 0.1) is 0 Å². The lowest BCUT2D eigenvalue weighted by atomic mass is 10.0. The minimum Gasteiger partial charge on any atom is -0.434 e. The molecule has 0 heterocycles. The van der Waals surface area contributed by atoms with E-state index >= 15 is 0 Å². The zero-order valence-corrected chi connectivity index (χ0v) is 12.0. The molecule has 104 valence electrons. The van der Waals surface area contributed by atoms with Crippen LogP contribution in [0.3, 0.4) is 0 Å². The molecule has 0 spiro atoms. The smallest absolute Gasteiger partial charge is 0.387 e. The van der Waals surface area contributed by atoms with E-state index < -0.39 is 6.61 Å². The molecule has 2 nitrogen and oxygen atoms in total. The third-order valence-electron chi connectivity index (χ3n) is 3.09. The fourth-order valence-electron chi connectivity index (χ4n) is 2.13. The van der Waals surface area contributed by atoms with Gasteiger partial charge in [0.1, 0.15) is 5.75 Å². The Labute approximate surface area is 120 Å². The first-order valence-corrected chi connectivity index (χ1v) is 7.06. The molecule has 5 heteroatoms. The molecule has 0 aliphatic heterocycles. The van der Waals surface area contributed by atoms with E-state index in [-0.39, 0.29) is 5.75 Å². The average Bonchev–Trinajstić information content (AvgIpc) is 2.40. The predicted molar refractivity (Wildman–Crippen MR) is 74.4 cm³/mol. The van der Waals surface area contributed by atoms with Crippen molar-refractivity contribution >= 4 is 15.9 Å². The number of alkyl halides is 2. The molecule has 1 unspecified atom stereocenters. The Kier molecular flexibility index (Phi) is 5.34. The Morgan fingerprint density at radius 2 is 2.21 bits per heavy atom. The molecule has 1 atom stereocenters. The molecule has 2 rings (SSSR count). The minimum absolute atomic E-state index is 0.233. The first-order valence-electron chi connectivity index (χ1n) is 6.27. The summed E-state index contributed by atoms with van der Waals surface area (Å²) in [6.45, 7) is -2.27. The van der Waals surface area contributed by atoms with Gasteiger partial charge in [0, 0.05) is 22.6 Å². The number of hydrogen-bond acceptors (Lipinski definition) is 2. The lowest BCUT2D eigenvalue weighted by Crippen LogP contribution is -2.29. The number of nitrogens with one attached hydrogen (secondary N) is 1. The summed E-state index contributed by atoms with van der Waals surface area (Å²) in [7, 11) is 0. The second kappa shape index (κ2) is 7.01. The van der Waals surface area contributed by atoms with Crippen LogP contribution in [0, 0.1) is 0 Å². The normalized spacial score (nSPS) is 18.8. The van der Waals surface area contributed by atoms with Gasteiger partial charge in [-0.05, 0) is 37.5 Å². The zero-order valence-electron chi connectivity index (χ0n) is 10.4. The van der Waals surface area contributed by atoms with Gasteiger partial charge in [-0.2, -0.15) is 8.78 Å². The van der Waals surface area contributed by atoms with Crippen LogP contribution in [-0.4, -0.2) is 12.7 Å². The van der Waals surface area contributed by atoms with Crippen molar-refractivity contribution in [1.29, 1.82) is 0 Å². The SMILES string of the molecule is FC(F)Oc1ccc(Br)cc1CNC1CC=CCC1. The topological polar surface area (TPSA) is 21.3 Å². The summed E-state index contributed by atoms with van der Waals surface area (Å²) in [5, 5.41) is 3.38. The molecule has 0 bridgehead atoms. The van der Waals surface area contributed by atoms with Crippen molar-refractivity contribution in [2.24, 2.45) is 0 Å².